The van der Waals surface area contributed by atoms with Crippen molar-refractivity contribution in [2.24, 2.45) is 5.73 Å². The van der Waals surface area contributed by atoms with Crippen LogP contribution in [0.25, 0.3) is 11.3 Å². The molecule has 0 bridgehead atoms. The van der Waals surface area contributed by atoms with Crippen LogP contribution in [0.15, 0.2) is 17.6 Å². The summed E-state index contributed by atoms with van der Waals surface area (Å²) in [7, 11) is 0. The van der Waals surface area contributed by atoms with Crippen LogP contribution in [-0.4, -0.2) is 28.0 Å². The Balaban J connectivity index is 2.02. The fourth-order valence-corrected chi connectivity index (χ4v) is 2.64. The maximum absolute atomic E-state index is 12.2. The maximum Gasteiger partial charge on any atom is 0.267 e. The van der Waals surface area contributed by atoms with Crippen molar-refractivity contribution >= 4 is 17.2 Å². The van der Waals surface area contributed by atoms with Crippen LogP contribution >= 0.6 is 11.3 Å². The summed E-state index contributed by atoms with van der Waals surface area (Å²) in [6.45, 7) is 6.51. The first-order valence-electron chi connectivity index (χ1n) is 7.15. The van der Waals surface area contributed by atoms with E-state index >= 15 is 0 Å². The van der Waals surface area contributed by atoms with Gasteiger partial charge in [0.25, 0.3) is 5.91 Å². The first-order chi connectivity index (χ1) is 9.97. The van der Waals surface area contributed by atoms with Crippen LogP contribution in [0, 0.1) is 6.92 Å². The Bertz CT molecular complexity index is 613. The largest absolute Gasteiger partial charge is 0.357 e. The quantitative estimate of drug-likeness (QED) is 0.767. The second kappa shape index (κ2) is 6.41. The highest BCUT2D eigenvalue weighted by Crippen LogP contribution is 2.22. The van der Waals surface area contributed by atoms with Crippen molar-refractivity contribution in [3.63, 3.8) is 0 Å². The van der Waals surface area contributed by atoms with E-state index in [4.69, 9.17) is 5.73 Å². The van der Waals surface area contributed by atoms with E-state index in [1.54, 1.807) is 17.5 Å². The van der Waals surface area contributed by atoms with Gasteiger partial charge in [0.15, 0.2) is 0 Å². The van der Waals surface area contributed by atoms with Crippen molar-refractivity contribution < 1.29 is 4.79 Å². The smallest absolute Gasteiger partial charge is 0.267 e. The number of H-pyrrole nitrogens is 1. The van der Waals surface area contributed by atoms with Crippen LogP contribution in [0.4, 0.5) is 0 Å². The second-order valence-electron chi connectivity index (χ2n) is 5.31. The summed E-state index contributed by atoms with van der Waals surface area (Å²) in [5.74, 6) is -0.134. The second-order valence-corrected chi connectivity index (χ2v) is 6.37. The molecule has 0 aliphatic heterocycles. The first kappa shape index (κ1) is 15.7. The molecule has 114 valence electrons. The van der Waals surface area contributed by atoms with E-state index in [9.17, 15) is 4.79 Å². The zero-order valence-electron chi connectivity index (χ0n) is 12.7. The van der Waals surface area contributed by atoms with E-state index in [1.165, 1.54) is 0 Å². The Morgan fingerprint density at radius 1 is 1.48 bits per heavy atom. The zero-order chi connectivity index (χ0) is 15.5. The summed E-state index contributed by atoms with van der Waals surface area (Å²) >= 11 is 1.59. The van der Waals surface area contributed by atoms with E-state index in [0.717, 1.165) is 29.1 Å². The number of nitrogens with two attached hydrogens (primary N) is 1. The Hall–Kier alpha value is -1.66. The number of aromatic nitrogens is 2. The van der Waals surface area contributed by atoms with Gasteiger partial charge in [0.2, 0.25) is 0 Å². The van der Waals surface area contributed by atoms with Crippen LogP contribution in [0.5, 0.6) is 0 Å². The van der Waals surface area contributed by atoms with Gasteiger partial charge in [0.1, 0.15) is 5.69 Å². The lowest BCUT2D eigenvalue weighted by molar-refractivity contribution is 0.0938. The summed E-state index contributed by atoms with van der Waals surface area (Å²) in [4.78, 5) is 19.6. The fourth-order valence-electron chi connectivity index (χ4n) is 2.02. The van der Waals surface area contributed by atoms with E-state index in [2.05, 4.69) is 15.3 Å². The molecular weight excluding hydrogens is 284 g/mol. The lowest BCUT2D eigenvalue weighted by atomic mass is 9.94. The molecule has 0 unspecified atom stereocenters. The van der Waals surface area contributed by atoms with Gasteiger partial charge < -0.3 is 16.0 Å². The van der Waals surface area contributed by atoms with E-state index < -0.39 is 0 Å². The van der Waals surface area contributed by atoms with Crippen molar-refractivity contribution in [3.05, 3.63) is 28.3 Å². The molecule has 21 heavy (non-hydrogen) atoms. The van der Waals surface area contributed by atoms with E-state index in [0.29, 0.717) is 12.2 Å². The fraction of sp³-hybridized carbons (Fsp3) is 0.467. The first-order valence-corrected chi connectivity index (χ1v) is 8.03. The van der Waals surface area contributed by atoms with Crippen LogP contribution in [-0.2, 0) is 0 Å². The summed E-state index contributed by atoms with van der Waals surface area (Å²) in [5.41, 5.74) is 8.20. The number of hydrogen-bond acceptors (Lipinski definition) is 4. The van der Waals surface area contributed by atoms with Crippen molar-refractivity contribution in [1.29, 1.82) is 0 Å². The number of nitrogens with one attached hydrogen (secondary N) is 2. The molecule has 0 saturated heterocycles. The lowest BCUT2D eigenvalue weighted by Crippen LogP contribution is -2.49. The summed E-state index contributed by atoms with van der Waals surface area (Å²) in [5, 5.41) is 5.89. The Labute approximate surface area is 129 Å². The third-order valence-electron chi connectivity index (χ3n) is 3.85. The topological polar surface area (TPSA) is 83.8 Å². The third kappa shape index (κ3) is 3.71. The summed E-state index contributed by atoms with van der Waals surface area (Å²) < 4.78 is 0. The molecule has 0 aliphatic rings. The number of thiazole rings is 1. The summed E-state index contributed by atoms with van der Waals surface area (Å²) in [6, 6.07) is 1.82. The maximum atomic E-state index is 12.2. The standard InChI is InChI=1S/C15H22N4OS/c1-4-15(16,5-2)9-18-14(20)12-6-11(7-17-12)13-8-21-10(3)19-13/h6-8,17H,4-5,9,16H2,1-3H3,(H,18,20). The molecule has 2 aromatic heterocycles. The van der Waals surface area contributed by atoms with E-state index in [1.807, 2.05) is 32.2 Å². The molecule has 0 spiro atoms. The molecule has 0 saturated carbocycles. The molecule has 0 aliphatic carbocycles. The lowest BCUT2D eigenvalue weighted by Gasteiger charge is -2.26. The molecule has 0 radical (unpaired) electrons. The van der Waals surface area contributed by atoms with Crippen LogP contribution in [0.3, 0.4) is 0 Å². The number of nitrogens with zero attached hydrogens (tertiary/aromatic N) is 1. The molecule has 2 heterocycles. The zero-order valence-corrected chi connectivity index (χ0v) is 13.5. The number of rotatable bonds is 6. The Morgan fingerprint density at radius 3 is 2.76 bits per heavy atom. The minimum absolute atomic E-state index is 0.134. The van der Waals surface area contributed by atoms with E-state index in [-0.39, 0.29) is 11.4 Å². The van der Waals surface area contributed by atoms with Gasteiger partial charge in [-0.3, -0.25) is 4.79 Å². The monoisotopic (exact) mass is 306 g/mol. The minimum Gasteiger partial charge on any atom is -0.357 e. The molecule has 1 amide bonds. The van der Waals surface area contributed by atoms with Crippen LogP contribution < -0.4 is 11.1 Å². The highest BCUT2D eigenvalue weighted by molar-refractivity contribution is 7.09. The van der Waals surface area contributed by atoms with Gasteiger partial charge in [-0.2, -0.15) is 0 Å². The molecule has 0 atom stereocenters. The number of carbonyl (C=O) groups excluding carboxylic acids is 1. The molecule has 0 aromatic carbocycles. The molecular formula is C15H22N4OS. The predicted molar refractivity (Wildman–Crippen MR) is 86.5 cm³/mol. The van der Waals surface area contributed by atoms with Gasteiger partial charge in [-0.25, -0.2) is 4.98 Å². The van der Waals surface area contributed by atoms with Crippen molar-refractivity contribution in [1.82, 2.24) is 15.3 Å². The minimum atomic E-state index is -0.336. The van der Waals surface area contributed by atoms with Gasteiger partial charge in [-0.05, 0) is 25.8 Å². The molecule has 4 N–H and O–H groups in total. The average Bonchev–Trinajstić information content (AvgIpc) is 3.13. The van der Waals surface area contributed by atoms with Gasteiger partial charge in [-0.1, -0.05) is 13.8 Å². The number of aryl methyl sites for hydroxylation is 1. The molecule has 0 fully saturated rings. The highest BCUT2D eigenvalue weighted by Gasteiger charge is 2.21. The third-order valence-corrected chi connectivity index (χ3v) is 4.63. The number of carbonyl (C=O) groups is 1. The predicted octanol–water partition coefficient (Wildman–Crippen LogP) is 2.69. The van der Waals surface area contributed by atoms with Crippen molar-refractivity contribution in [2.45, 2.75) is 39.2 Å². The average molecular weight is 306 g/mol. The van der Waals surface area contributed by atoms with Crippen molar-refractivity contribution in [2.75, 3.05) is 6.54 Å². The van der Waals surface area contributed by atoms with Crippen LogP contribution in [0.1, 0.15) is 42.2 Å². The van der Waals surface area contributed by atoms with Gasteiger partial charge >= 0.3 is 0 Å². The van der Waals surface area contributed by atoms with Gasteiger partial charge in [0.05, 0.1) is 10.7 Å². The number of amides is 1. The Kier molecular flexibility index (Phi) is 4.80. The molecule has 2 rings (SSSR count). The normalized spacial score (nSPS) is 11.6. The van der Waals surface area contributed by atoms with Crippen molar-refractivity contribution in [3.8, 4) is 11.3 Å². The highest BCUT2D eigenvalue weighted by atomic mass is 32.1. The molecule has 5 nitrogen and oxygen atoms in total. The number of aromatic amines is 1. The Morgan fingerprint density at radius 2 is 2.19 bits per heavy atom. The number of hydrogen-bond donors (Lipinski definition) is 3. The molecule has 6 heteroatoms. The van der Waals surface area contributed by atoms with Crippen LogP contribution in [0.2, 0.25) is 0 Å². The van der Waals surface area contributed by atoms with Gasteiger partial charge in [-0.15, -0.1) is 11.3 Å². The molecule has 2 aromatic rings. The van der Waals surface area contributed by atoms with Gasteiger partial charge in [0, 0.05) is 29.2 Å². The SMILES string of the molecule is CCC(N)(CC)CNC(=O)c1cc(-c2csc(C)n2)c[nH]1. The summed E-state index contributed by atoms with van der Waals surface area (Å²) in [6.07, 6.45) is 3.47.